The third kappa shape index (κ3) is 3.57. The van der Waals surface area contributed by atoms with Crippen molar-refractivity contribution in [3.63, 3.8) is 0 Å². The minimum Gasteiger partial charge on any atom is -0.490 e. The molecule has 3 rings (SSSR count). The zero-order valence-corrected chi connectivity index (χ0v) is 11.1. The predicted octanol–water partition coefficient (Wildman–Crippen LogP) is 3.37. The van der Waals surface area contributed by atoms with Gasteiger partial charge in [-0.3, -0.25) is 4.79 Å². The molecule has 0 amide bonds. The fraction of sp³-hybridized carbons (Fsp3) is 0.562. The number of carbonyl (C=O) groups is 1. The summed E-state index contributed by atoms with van der Waals surface area (Å²) in [5.74, 6) is 1.04. The fourth-order valence-corrected chi connectivity index (χ4v) is 2.39. The summed E-state index contributed by atoms with van der Waals surface area (Å²) in [7, 11) is 0. The zero-order chi connectivity index (χ0) is 13.1. The Labute approximate surface area is 113 Å². The molecule has 1 unspecified atom stereocenters. The van der Waals surface area contributed by atoms with Gasteiger partial charge in [-0.15, -0.1) is 0 Å². The van der Waals surface area contributed by atoms with Gasteiger partial charge < -0.3 is 9.47 Å². The number of hydrogen-bond acceptors (Lipinski definition) is 3. The number of carbonyl (C=O) groups excluding carboxylic acids is 1. The summed E-state index contributed by atoms with van der Waals surface area (Å²) >= 11 is 0. The lowest BCUT2D eigenvalue weighted by molar-refractivity contribution is 0.0129. The van der Waals surface area contributed by atoms with Gasteiger partial charge in [0.1, 0.15) is 5.75 Å². The smallest absolute Gasteiger partial charge is 0.165 e. The minimum atomic E-state index is 0.114. The Morgan fingerprint density at radius 3 is 2.58 bits per heavy atom. The predicted molar refractivity (Wildman–Crippen MR) is 72.6 cm³/mol. The lowest BCUT2D eigenvalue weighted by Crippen LogP contribution is -2.22. The van der Waals surface area contributed by atoms with E-state index in [9.17, 15) is 4.79 Å². The van der Waals surface area contributed by atoms with E-state index in [1.54, 1.807) is 0 Å². The SMILES string of the molecule is O=C(CC1CCCCO1)c1ccc(OC2CC2)cc1. The normalized spacial score (nSPS) is 23.1. The zero-order valence-electron chi connectivity index (χ0n) is 11.1. The van der Waals surface area contributed by atoms with Crippen LogP contribution in [-0.4, -0.2) is 24.6 Å². The molecule has 1 heterocycles. The van der Waals surface area contributed by atoms with Gasteiger partial charge in [-0.1, -0.05) is 0 Å². The van der Waals surface area contributed by atoms with E-state index in [2.05, 4.69) is 0 Å². The summed E-state index contributed by atoms with van der Waals surface area (Å²) in [6, 6.07) is 7.52. The molecule has 0 bridgehead atoms. The minimum absolute atomic E-state index is 0.114. The number of rotatable bonds is 5. The van der Waals surface area contributed by atoms with E-state index in [1.807, 2.05) is 24.3 Å². The van der Waals surface area contributed by atoms with E-state index in [0.717, 1.165) is 43.6 Å². The molecular formula is C16H20O3. The van der Waals surface area contributed by atoms with Crippen molar-refractivity contribution in [1.82, 2.24) is 0 Å². The molecule has 0 radical (unpaired) electrons. The molecule has 1 aromatic rings. The van der Waals surface area contributed by atoms with E-state index in [4.69, 9.17) is 9.47 Å². The maximum atomic E-state index is 12.1. The van der Waals surface area contributed by atoms with Crippen LogP contribution in [-0.2, 0) is 4.74 Å². The van der Waals surface area contributed by atoms with Gasteiger partial charge in [0.15, 0.2) is 5.78 Å². The highest BCUT2D eigenvalue weighted by molar-refractivity contribution is 5.96. The Kier molecular flexibility index (Phi) is 3.83. The highest BCUT2D eigenvalue weighted by Gasteiger charge is 2.23. The average Bonchev–Trinajstić information content (AvgIpc) is 3.25. The number of ketones is 1. The monoisotopic (exact) mass is 260 g/mol. The second kappa shape index (κ2) is 5.74. The van der Waals surface area contributed by atoms with E-state index in [0.29, 0.717) is 12.5 Å². The molecule has 3 heteroatoms. The van der Waals surface area contributed by atoms with Crippen LogP contribution in [0.3, 0.4) is 0 Å². The van der Waals surface area contributed by atoms with Crippen molar-refractivity contribution in [2.45, 2.75) is 50.7 Å². The summed E-state index contributed by atoms with van der Waals surface area (Å²) < 4.78 is 11.3. The summed E-state index contributed by atoms with van der Waals surface area (Å²) in [5.41, 5.74) is 0.761. The van der Waals surface area contributed by atoms with Crippen LogP contribution in [0.25, 0.3) is 0 Å². The van der Waals surface area contributed by atoms with Crippen molar-refractivity contribution in [2.75, 3.05) is 6.61 Å². The van der Waals surface area contributed by atoms with E-state index in [1.165, 1.54) is 6.42 Å². The third-order valence-corrected chi connectivity index (χ3v) is 3.69. The highest BCUT2D eigenvalue weighted by atomic mass is 16.5. The Morgan fingerprint density at radius 1 is 1.16 bits per heavy atom. The van der Waals surface area contributed by atoms with Gasteiger partial charge in [0.05, 0.1) is 12.2 Å². The van der Waals surface area contributed by atoms with Crippen molar-refractivity contribution in [1.29, 1.82) is 0 Å². The Bertz CT molecular complexity index is 428. The Morgan fingerprint density at radius 2 is 1.95 bits per heavy atom. The molecule has 1 saturated carbocycles. The second-order valence-corrected chi connectivity index (χ2v) is 5.46. The molecular weight excluding hydrogens is 240 g/mol. The largest absolute Gasteiger partial charge is 0.490 e. The van der Waals surface area contributed by atoms with Gasteiger partial charge in [-0.25, -0.2) is 0 Å². The van der Waals surface area contributed by atoms with Crippen molar-refractivity contribution in [2.24, 2.45) is 0 Å². The van der Waals surface area contributed by atoms with Crippen LogP contribution in [0.1, 0.15) is 48.9 Å². The quantitative estimate of drug-likeness (QED) is 0.761. The molecule has 0 N–H and O–H groups in total. The molecule has 2 fully saturated rings. The second-order valence-electron chi connectivity index (χ2n) is 5.46. The standard InChI is InChI=1S/C16H20O3/c17-16(11-15-3-1-2-10-18-15)12-4-6-13(7-5-12)19-14-8-9-14/h4-7,14-15H,1-3,8-11H2. The van der Waals surface area contributed by atoms with Gasteiger partial charge in [-0.05, 0) is 56.4 Å². The van der Waals surface area contributed by atoms with Crippen molar-refractivity contribution >= 4 is 5.78 Å². The van der Waals surface area contributed by atoms with Gasteiger partial charge >= 0.3 is 0 Å². The highest BCUT2D eigenvalue weighted by Crippen LogP contribution is 2.27. The summed E-state index contributed by atoms with van der Waals surface area (Å²) in [5, 5.41) is 0. The van der Waals surface area contributed by atoms with E-state index >= 15 is 0 Å². The molecule has 1 aliphatic carbocycles. The maximum absolute atomic E-state index is 12.1. The molecule has 2 aliphatic rings. The van der Waals surface area contributed by atoms with Crippen LogP contribution in [0.4, 0.5) is 0 Å². The van der Waals surface area contributed by atoms with Crippen LogP contribution in [0, 0.1) is 0 Å². The molecule has 1 saturated heterocycles. The van der Waals surface area contributed by atoms with Crippen LogP contribution in [0.2, 0.25) is 0 Å². The first-order valence-corrected chi connectivity index (χ1v) is 7.23. The van der Waals surface area contributed by atoms with E-state index in [-0.39, 0.29) is 11.9 Å². The van der Waals surface area contributed by atoms with Gasteiger partial charge in [-0.2, -0.15) is 0 Å². The first-order chi connectivity index (χ1) is 9.31. The number of ether oxygens (including phenoxy) is 2. The first-order valence-electron chi connectivity index (χ1n) is 7.23. The molecule has 1 atom stereocenters. The average molecular weight is 260 g/mol. The van der Waals surface area contributed by atoms with Crippen molar-refractivity contribution in [3.8, 4) is 5.75 Å². The molecule has 1 aliphatic heterocycles. The molecule has 0 spiro atoms. The molecule has 102 valence electrons. The van der Waals surface area contributed by atoms with Crippen molar-refractivity contribution < 1.29 is 14.3 Å². The van der Waals surface area contributed by atoms with Crippen LogP contribution >= 0.6 is 0 Å². The van der Waals surface area contributed by atoms with Gasteiger partial charge in [0.25, 0.3) is 0 Å². The molecule has 1 aromatic carbocycles. The number of Topliss-reactive ketones (excluding diaryl/α,β-unsaturated/α-hetero) is 1. The van der Waals surface area contributed by atoms with Gasteiger partial charge in [0.2, 0.25) is 0 Å². The summed E-state index contributed by atoms with van der Waals surface area (Å²) in [6.07, 6.45) is 6.63. The lowest BCUT2D eigenvalue weighted by Gasteiger charge is -2.21. The molecule has 3 nitrogen and oxygen atoms in total. The summed E-state index contributed by atoms with van der Waals surface area (Å²) in [6.45, 7) is 0.798. The third-order valence-electron chi connectivity index (χ3n) is 3.69. The van der Waals surface area contributed by atoms with Crippen LogP contribution < -0.4 is 4.74 Å². The topological polar surface area (TPSA) is 35.5 Å². The number of hydrogen-bond donors (Lipinski definition) is 0. The van der Waals surface area contributed by atoms with E-state index < -0.39 is 0 Å². The maximum Gasteiger partial charge on any atom is 0.165 e. The van der Waals surface area contributed by atoms with Gasteiger partial charge in [0, 0.05) is 18.6 Å². The van der Waals surface area contributed by atoms with Crippen LogP contribution in [0.15, 0.2) is 24.3 Å². The van der Waals surface area contributed by atoms with Crippen LogP contribution in [0.5, 0.6) is 5.75 Å². The lowest BCUT2D eigenvalue weighted by atomic mass is 10.00. The molecule has 19 heavy (non-hydrogen) atoms. The first kappa shape index (κ1) is 12.7. The Hall–Kier alpha value is -1.35. The number of benzene rings is 1. The fourth-order valence-electron chi connectivity index (χ4n) is 2.39. The molecule has 0 aromatic heterocycles. The summed E-state index contributed by atoms with van der Waals surface area (Å²) in [4.78, 5) is 12.1. The van der Waals surface area contributed by atoms with Crippen molar-refractivity contribution in [3.05, 3.63) is 29.8 Å². The Balaban J connectivity index is 1.55.